The van der Waals surface area contributed by atoms with Gasteiger partial charge in [0.1, 0.15) is 5.65 Å². The van der Waals surface area contributed by atoms with Crippen LogP contribution in [0.1, 0.15) is 0 Å². The van der Waals surface area contributed by atoms with Crippen molar-refractivity contribution in [2.45, 2.75) is 0 Å². The monoisotopic (exact) mass is 214 g/mol. The minimum atomic E-state index is -0.336. The molecule has 2 nitrogen and oxygen atoms in total. The number of halogens is 2. The molecule has 0 aliphatic heterocycles. The van der Waals surface area contributed by atoms with E-state index < -0.39 is 0 Å². The molecule has 0 spiro atoms. The van der Waals surface area contributed by atoms with Crippen molar-refractivity contribution in [3.05, 3.63) is 28.7 Å². The first-order chi connectivity index (χ1) is 5.29. The van der Waals surface area contributed by atoms with E-state index in [1.54, 1.807) is 12.3 Å². The zero-order valence-electron chi connectivity index (χ0n) is 5.44. The molecule has 2 rings (SSSR count). The number of aromatic nitrogens is 2. The Balaban J connectivity index is 2.93. The summed E-state index contributed by atoms with van der Waals surface area (Å²) in [7, 11) is 0. The summed E-state index contributed by atoms with van der Waals surface area (Å²) < 4.78 is 13.3. The Kier molecular flexibility index (Phi) is 1.42. The van der Waals surface area contributed by atoms with Crippen LogP contribution in [0.4, 0.5) is 4.39 Å². The molecule has 0 aliphatic carbocycles. The topological polar surface area (TPSA) is 28.7 Å². The summed E-state index contributed by atoms with van der Waals surface area (Å²) in [5.74, 6) is -0.336. The molecular weight excluding hydrogens is 211 g/mol. The third-order valence-electron chi connectivity index (χ3n) is 1.48. The largest absolute Gasteiger partial charge is 0.346 e. The molecule has 0 atom stereocenters. The van der Waals surface area contributed by atoms with Crippen molar-refractivity contribution in [3.8, 4) is 0 Å². The van der Waals surface area contributed by atoms with E-state index >= 15 is 0 Å². The van der Waals surface area contributed by atoms with E-state index in [0.29, 0.717) is 10.1 Å². The fourth-order valence-electron chi connectivity index (χ4n) is 0.951. The molecule has 0 unspecified atom stereocenters. The van der Waals surface area contributed by atoms with E-state index in [9.17, 15) is 4.39 Å². The number of pyridine rings is 1. The summed E-state index contributed by atoms with van der Waals surface area (Å²) in [5.41, 5.74) is 0.693. The van der Waals surface area contributed by atoms with Crippen LogP contribution in [-0.4, -0.2) is 9.97 Å². The van der Waals surface area contributed by atoms with Crippen molar-refractivity contribution in [2.75, 3.05) is 0 Å². The van der Waals surface area contributed by atoms with Crippen molar-refractivity contribution in [1.29, 1.82) is 0 Å². The summed E-state index contributed by atoms with van der Waals surface area (Å²) in [6, 6.07) is 1.77. The third-order valence-corrected chi connectivity index (χ3v) is 2.28. The lowest BCUT2D eigenvalue weighted by atomic mass is 10.3. The first-order valence-electron chi connectivity index (χ1n) is 3.06. The molecule has 4 heteroatoms. The van der Waals surface area contributed by atoms with Crippen LogP contribution in [0.2, 0.25) is 0 Å². The molecule has 0 amide bonds. The average Bonchev–Trinajstić information content (AvgIpc) is 2.45. The second kappa shape index (κ2) is 2.30. The quantitative estimate of drug-likeness (QED) is 0.718. The Hall–Kier alpha value is -0.900. The Bertz CT molecular complexity index is 396. The average molecular weight is 215 g/mol. The summed E-state index contributed by atoms with van der Waals surface area (Å²) in [4.78, 5) is 6.72. The van der Waals surface area contributed by atoms with Gasteiger partial charge in [0.2, 0.25) is 0 Å². The van der Waals surface area contributed by atoms with Gasteiger partial charge >= 0.3 is 0 Å². The number of hydrogen-bond acceptors (Lipinski definition) is 1. The van der Waals surface area contributed by atoms with Crippen molar-refractivity contribution in [2.24, 2.45) is 0 Å². The second-order valence-corrected chi connectivity index (χ2v) is 2.95. The number of H-pyrrole nitrogens is 1. The number of rotatable bonds is 0. The van der Waals surface area contributed by atoms with Gasteiger partial charge in [-0.25, -0.2) is 9.37 Å². The molecule has 0 bridgehead atoms. The van der Waals surface area contributed by atoms with Gasteiger partial charge in [-0.1, -0.05) is 0 Å². The molecule has 0 radical (unpaired) electrons. The Labute approximate surface area is 70.6 Å². The van der Waals surface area contributed by atoms with Gasteiger partial charge in [-0.3, -0.25) is 0 Å². The summed E-state index contributed by atoms with van der Waals surface area (Å²) in [6.07, 6.45) is 2.91. The number of fused-ring (bicyclic) bond motifs is 1. The third kappa shape index (κ3) is 0.939. The first-order valence-corrected chi connectivity index (χ1v) is 3.85. The number of aromatic amines is 1. The zero-order valence-corrected chi connectivity index (χ0v) is 7.02. The lowest BCUT2D eigenvalue weighted by Crippen LogP contribution is -1.81. The lowest BCUT2D eigenvalue weighted by Gasteiger charge is -1.93. The van der Waals surface area contributed by atoms with Gasteiger partial charge in [0.25, 0.3) is 0 Å². The maximum absolute atomic E-state index is 12.8. The van der Waals surface area contributed by atoms with Crippen molar-refractivity contribution >= 4 is 27.0 Å². The summed E-state index contributed by atoms with van der Waals surface area (Å²) >= 11 is 3.12. The molecule has 0 saturated heterocycles. The van der Waals surface area contributed by atoms with Crippen LogP contribution in [-0.2, 0) is 0 Å². The molecule has 0 fully saturated rings. The maximum atomic E-state index is 12.8. The molecule has 0 saturated carbocycles. The summed E-state index contributed by atoms with van der Waals surface area (Å²) in [6.45, 7) is 0. The highest BCUT2D eigenvalue weighted by Crippen LogP contribution is 2.23. The zero-order chi connectivity index (χ0) is 7.84. The predicted molar refractivity (Wildman–Crippen MR) is 43.8 cm³/mol. The van der Waals surface area contributed by atoms with Crippen LogP contribution in [0.5, 0.6) is 0 Å². The van der Waals surface area contributed by atoms with E-state index in [-0.39, 0.29) is 5.82 Å². The van der Waals surface area contributed by atoms with Gasteiger partial charge < -0.3 is 4.98 Å². The molecular formula is C7H4BrFN2. The molecule has 2 aromatic heterocycles. The molecule has 0 aromatic carbocycles. The molecule has 0 aliphatic rings. The predicted octanol–water partition coefficient (Wildman–Crippen LogP) is 2.46. The fourth-order valence-corrected chi connectivity index (χ4v) is 1.37. The van der Waals surface area contributed by atoms with Gasteiger partial charge in [-0.15, -0.1) is 0 Å². The Morgan fingerprint density at radius 1 is 1.55 bits per heavy atom. The van der Waals surface area contributed by atoms with Crippen LogP contribution in [0.25, 0.3) is 11.0 Å². The minimum absolute atomic E-state index is 0.336. The van der Waals surface area contributed by atoms with Gasteiger partial charge in [-0.2, -0.15) is 0 Å². The van der Waals surface area contributed by atoms with E-state index in [1.165, 1.54) is 6.20 Å². The molecule has 1 N–H and O–H groups in total. The highest BCUT2D eigenvalue weighted by molar-refractivity contribution is 9.10. The molecule has 2 aromatic rings. The van der Waals surface area contributed by atoms with Crippen molar-refractivity contribution in [1.82, 2.24) is 9.97 Å². The number of nitrogens with one attached hydrogen (secondary N) is 1. The van der Waals surface area contributed by atoms with Crippen LogP contribution < -0.4 is 0 Å². The molecule has 11 heavy (non-hydrogen) atoms. The van der Waals surface area contributed by atoms with Crippen LogP contribution in [0.3, 0.4) is 0 Å². The second-order valence-electron chi connectivity index (χ2n) is 2.16. The van der Waals surface area contributed by atoms with Crippen LogP contribution in [0, 0.1) is 5.82 Å². The SMILES string of the molecule is Fc1cnc2[nH]ccc2c1Br. The first kappa shape index (κ1) is 6.79. The van der Waals surface area contributed by atoms with Crippen LogP contribution in [0.15, 0.2) is 22.9 Å². The van der Waals surface area contributed by atoms with Gasteiger partial charge in [0, 0.05) is 11.6 Å². The fraction of sp³-hybridized carbons (Fsp3) is 0. The van der Waals surface area contributed by atoms with E-state index in [2.05, 4.69) is 25.9 Å². The standard InChI is InChI=1S/C7H4BrFN2/c8-6-4-1-2-10-7(4)11-3-5(6)9/h1-3H,(H,10,11). The Morgan fingerprint density at radius 2 is 2.36 bits per heavy atom. The van der Waals surface area contributed by atoms with E-state index in [4.69, 9.17) is 0 Å². The van der Waals surface area contributed by atoms with E-state index in [1.807, 2.05) is 0 Å². The summed E-state index contributed by atoms with van der Waals surface area (Å²) in [5, 5.41) is 0.769. The van der Waals surface area contributed by atoms with E-state index in [0.717, 1.165) is 5.39 Å². The minimum Gasteiger partial charge on any atom is -0.346 e. The molecule has 2 heterocycles. The maximum Gasteiger partial charge on any atom is 0.156 e. The highest BCUT2D eigenvalue weighted by atomic mass is 79.9. The van der Waals surface area contributed by atoms with Crippen molar-refractivity contribution < 1.29 is 4.39 Å². The number of hydrogen-bond donors (Lipinski definition) is 1. The van der Waals surface area contributed by atoms with Crippen molar-refractivity contribution in [3.63, 3.8) is 0 Å². The highest BCUT2D eigenvalue weighted by Gasteiger charge is 2.04. The smallest absolute Gasteiger partial charge is 0.156 e. The normalized spacial score (nSPS) is 10.7. The lowest BCUT2D eigenvalue weighted by molar-refractivity contribution is 0.618. The van der Waals surface area contributed by atoms with Gasteiger partial charge in [0.15, 0.2) is 5.82 Å². The Morgan fingerprint density at radius 3 is 3.18 bits per heavy atom. The van der Waals surface area contributed by atoms with Gasteiger partial charge in [0.05, 0.1) is 10.7 Å². The van der Waals surface area contributed by atoms with Gasteiger partial charge in [-0.05, 0) is 22.0 Å². The number of nitrogens with zero attached hydrogens (tertiary/aromatic N) is 1. The molecule has 56 valence electrons. The van der Waals surface area contributed by atoms with Crippen LogP contribution >= 0.6 is 15.9 Å².